The van der Waals surface area contributed by atoms with Crippen molar-refractivity contribution in [2.24, 2.45) is 10.3 Å². The number of fused-ring (bicyclic) bond motifs is 3. The van der Waals surface area contributed by atoms with Gasteiger partial charge in [-0.2, -0.15) is 0 Å². The van der Waals surface area contributed by atoms with Gasteiger partial charge >= 0.3 is 0 Å². The highest BCUT2D eigenvalue weighted by Gasteiger charge is 2.34. The van der Waals surface area contributed by atoms with Gasteiger partial charge in [-0.3, -0.25) is 4.79 Å². The fourth-order valence-corrected chi connectivity index (χ4v) is 5.93. The molecule has 3 heterocycles. The van der Waals surface area contributed by atoms with E-state index < -0.39 is 10.0 Å². The minimum atomic E-state index is -3.36. The summed E-state index contributed by atoms with van der Waals surface area (Å²) >= 11 is 1.33. The molecule has 1 saturated heterocycles. The lowest BCUT2D eigenvalue weighted by atomic mass is 9.95. The molecule has 1 fully saturated rings. The molecule has 0 aliphatic carbocycles. The minimum Gasteiger partial charge on any atom is -0.338 e. The average molecular weight is 380 g/mol. The number of nitrogens with zero attached hydrogens (tertiary/aromatic N) is 3. The van der Waals surface area contributed by atoms with Crippen LogP contribution in [0.5, 0.6) is 0 Å². The van der Waals surface area contributed by atoms with Crippen LogP contribution in [0.25, 0.3) is 0 Å². The third-order valence-corrected chi connectivity index (χ3v) is 7.41. The number of hydrogen-bond donors (Lipinski definition) is 0. The molecule has 0 bridgehead atoms. The fourth-order valence-electron chi connectivity index (χ4n) is 3.63. The first-order chi connectivity index (χ1) is 12.0. The van der Waals surface area contributed by atoms with Crippen molar-refractivity contribution < 1.29 is 13.2 Å². The van der Waals surface area contributed by atoms with Crippen LogP contribution in [0.2, 0.25) is 0 Å². The summed E-state index contributed by atoms with van der Waals surface area (Å²) in [7, 11) is -3.36. The smallest absolute Gasteiger partial charge is 0.257 e. The minimum absolute atomic E-state index is 0.0311. The van der Waals surface area contributed by atoms with Gasteiger partial charge in [0.05, 0.1) is 11.4 Å². The summed E-state index contributed by atoms with van der Waals surface area (Å²) in [6.45, 7) is 4.24. The summed E-state index contributed by atoms with van der Waals surface area (Å²) in [4.78, 5) is 17.6. The van der Waals surface area contributed by atoms with Crippen molar-refractivity contribution in [1.82, 2.24) is 4.90 Å². The van der Waals surface area contributed by atoms with Crippen LogP contribution in [0.3, 0.4) is 0 Å². The van der Waals surface area contributed by atoms with E-state index in [9.17, 15) is 13.2 Å². The molecule has 8 heteroatoms. The Morgan fingerprint density at radius 2 is 2.20 bits per heavy atom. The number of hydrogen-bond acceptors (Lipinski definition) is 5. The lowest BCUT2D eigenvalue weighted by molar-refractivity contribution is 0.0671. The van der Waals surface area contributed by atoms with E-state index in [2.05, 4.69) is 11.3 Å². The van der Waals surface area contributed by atoms with Gasteiger partial charge in [0, 0.05) is 30.1 Å². The van der Waals surface area contributed by atoms with Crippen molar-refractivity contribution in [1.29, 1.82) is 0 Å². The van der Waals surface area contributed by atoms with Crippen LogP contribution in [0, 0.1) is 5.92 Å². The van der Waals surface area contributed by atoms with E-state index >= 15 is 0 Å². The molecule has 1 aromatic carbocycles. The van der Waals surface area contributed by atoms with Crippen LogP contribution < -0.4 is 4.90 Å². The monoisotopic (exact) mass is 379 g/mol. The number of amidine groups is 1. The maximum absolute atomic E-state index is 12.9. The van der Waals surface area contributed by atoms with Crippen molar-refractivity contribution in [2.75, 3.05) is 30.3 Å². The quantitative estimate of drug-likeness (QED) is 0.790. The molecular weight excluding hydrogens is 358 g/mol. The van der Waals surface area contributed by atoms with E-state index in [1.54, 1.807) is 0 Å². The number of likely N-dealkylation sites (tertiary alicyclic amines) is 1. The van der Waals surface area contributed by atoms with Crippen LogP contribution in [-0.2, 0) is 10.0 Å². The maximum atomic E-state index is 12.9. The molecule has 3 aliphatic rings. The molecule has 25 heavy (non-hydrogen) atoms. The van der Waals surface area contributed by atoms with Crippen LogP contribution in [0.1, 0.15) is 36.5 Å². The Hall–Kier alpha value is -1.54. The van der Waals surface area contributed by atoms with E-state index in [0.717, 1.165) is 36.5 Å². The normalized spacial score (nSPS) is 24.5. The van der Waals surface area contributed by atoms with Crippen molar-refractivity contribution in [2.45, 2.75) is 31.1 Å². The number of carbonyl (C=O) groups excluding carboxylic acids is 1. The Bertz CT molecular complexity index is 851. The van der Waals surface area contributed by atoms with Gasteiger partial charge in [0.1, 0.15) is 0 Å². The summed E-state index contributed by atoms with van der Waals surface area (Å²) < 4.78 is 27.3. The van der Waals surface area contributed by atoms with E-state index in [1.165, 1.54) is 18.2 Å². The van der Waals surface area contributed by atoms with Gasteiger partial charge in [-0.15, -0.1) is 4.40 Å². The summed E-state index contributed by atoms with van der Waals surface area (Å²) in [5.74, 6) is 0.694. The average Bonchev–Trinajstić information content (AvgIpc) is 2.96. The van der Waals surface area contributed by atoms with Crippen LogP contribution in [0.15, 0.2) is 27.5 Å². The van der Waals surface area contributed by atoms with Crippen molar-refractivity contribution in [3.8, 4) is 0 Å². The first-order valence-electron chi connectivity index (χ1n) is 8.68. The highest BCUT2D eigenvalue weighted by atomic mass is 32.2. The summed E-state index contributed by atoms with van der Waals surface area (Å²) in [5.41, 5.74) is 1.62. The molecule has 1 unspecified atom stereocenters. The highest BCUT2D eigenvalue weighted by Crippen LogP contribution is 2.42. The SMILES string of the molecule is CCC1CCCN(C(=O)c2ccc3c(c2)SC2=NS(=O)(=O)CCN23)C1. The van der Waals surface area contributed by atoms with E-state index in [4.69, 9.17) is 0 Å². The van der Waals surface area contributed by atoms with Gasteiger partial charge in [-0.05, 0) is 48.7 Å². The second-order valence-corrected chi connectivity index (χ2v) is 9.53. The molecule has 134 valence electrons. The molecule has 0 aromatic heterocycles. The number of anilines is 1. The summed E-state index contributed by atoms with van der Waals surface area (Å²) in [5, 5.41) is 0.495. The second-order valence-electron chi connectivity index (χ2n) is 6.76. The van der Waals surface area contributed by atoms with Crippen LogP contribution in [0.4, 0.5) is 5.69 Å². The third kappa shape index (κ3) is 3.17. The van der Waals surface area contributed by atoms with E-state index in [-0.39, 0.29) is 11.7 Å². The molecular formula is C17H21N3O3S2. The first-order valence-corrected chi connectivity index (χ1v) is 11.1. The Labute approximate surface area is 152 Å². The molecule has 1 aromatic rings. The van der Waals surface area contributed by atoms with Crippen LogP contribution in [-0.4, -0.2) is 49.8 Å². The van der Waals surface area contributed by atoms with Gasteiger partial charge in [-0.25, -0.2) is 8.42 Å². The van der Waals surface area contributed by atoms with Crippen molar-refractivity contribution >= 4 is 38.5 Å². The number of thioether (sulfide) groups is 1. The Kier molecular flexibility index (Phi) is 4.27. The van der Waals surface area contributed by atoms with Gasteiger partial charge in [0.15, 0.2) is 5.17 Å². The molecule has 0 spiro atoms. The van der Waals surface area contributed by atoms with Gasteiger partial charge < -0.3 is 9.80 Å². The summed E-state index contributed by atoms with van der Waals surface area (Å²) in [6, 6.07) is 5.64. The largest absolute Gasteiger partial charge is 0.338 e. The zero-order chi connectivity index (χ0) is 17.6. The molecule has 3 aliphatic heterocycles. The highest BCUT2D eigenvalue weighted by molar-refractivity contribution is 8.15. The Morgan fingerprint density at radius 1 is 1.36 bits per heavy atom. The fraction of sp³-hybridized carbons (Fsp3) is 0.529. The zero-order valence-corrected chi connectivity index (χ0v) is 15.8. The van der Waals surface area contributed by atoms with Gasteiger partial charge in [0.2, 0.25) is 0 Å². The number of piperidine rings is 1. The second kappa shape index (κ2) is 6.32. The predicted molar refractivity (Wildman–Crippen MR) is 99.8 cm³/mol. The molecule has 0 radical (unpaired) electrons. The molecule has 6 nitrogen and oxygen atoms in total. The third-order valence-electron chi connectivity index (χ3n) is 5.10. The van der Waals surface area contributed by atoms with Gasteiger partial charge in [-0.1, -0.05) is 13.3 Å². The summed E-state index contributed by atoms with van der Waals surface area (Å²) in [6.07, 6.45) is 3.36. The van der Waals surface area contributed by atoms with E-state index in [0.29, 0.717) is 23.2 Å². The molecule has 1 amide bonds. The standard InChI is InChI=1S/C17H21N3O3S2/c1-2-12-4-3-7-19(11-12)16(21)13-5-6-14-15(10-13)24-17-18-25(22,23)9-8-20(14)17/h5-6,10,12H,2-4,7-9,11H2,1H3. The Balaban J connectivity index is 1.58. The lowest BCUT2D eigenvalue weighted by Gasteiger charge is -2.32. The molecule has 4 rings (SSSR count). The van der Waals surface area contributed by atoms with Crippen molar-refractivity contribution in [3.63, 3.8) is 0 Å². The van der Waals surface area contributed by atoms with Crippen molar-refractivity contribution in [3.05, 3.63) is 23.8 Å². The lowest BCUT2D eigenvalue weighted by Crippen LogP contribution is -2.39. The molecule has 0 N–H and O–H groups in total. The Morgan fingerprint density at radius 3 is 3.00 bits per heavy atom. The maximum Gasteiger partial charge on any atom is 0.257 e. The topological polar surface area (TPSA) is 70.0 Å². The number of sulfonamides is 1. The number of amides is 1. The van der Waals surface area contributed by atoms with E-state index in [1.807, 2.05) is 28.0 Å². The number of benzene rings is 1. The molecule has 0 saturated carbocycles. The number of carbonyl (C=O) groups is 1. The first kappa shape index (κ1) is 16.9. The van der Waals surface area contributed by atoms with Gasteiger partial charge in [0.25, 0.3) is 15.9 Å². The zero-order valence-electron chi connectivity index (χ0n) is 14.1. The number of rotatable bonds is 2. The van der Waals surface area contributed by atoms with Crippen LogP contribution >= 0.6 is 11.8 Å². The predicted octanol–water partition coefficient (Wildman–Crippen LogP) is 2.56. The molecule has 1 atom stereocenters.